The van der Waals surface area contributed by atoms with Gasteiger partial charge in [-0.2, -0.15) is 11.8 Å². The van der Waals surface area contributed by atoms with Crippen molar-refractivity contribution in [1.82, 2.24) is 4.98 Å². The SMILES string of the molecule is CCSC1CCC1(O)CNc1ccc2c(Cl)ccnc2c1F. The van der Waals surface area contributed by atoms with Crippen LogP contribution in [-0.4, -0.2) is 33.2 Å². The van der Waals surface area contributed by atoms with E-state index < -0.39 is 11.4 Å². The maximum Gasteiger partial charge on any atom is 0.172 e. The number of aromatic nitrogens is 1. The number of fused-ring (bicyclic) bond motifs is 1. The Balaban J connectivity index is 1.79. The molecular weight excluding hydrogens is 323 g/mol. The molecular formula is C16H18ClFN2OS. The van der Waals surface area contributed by atoms with E-state index in [1.807, 2.05) is 0 Å². The second-order valence-corrected chi connectivity index (χ2v) is 7.44. The van der Waals surface area contributed by atoms with Gasteiger partial charge in [-0.15, -0.1) is 0 Å². The normalized spacial score (nSPS) is 24.3. The Morgan fingerprint density at radius 3 is 3.00 bits per heavy atom. The molecule has 3 rings (SSSR count). The summed E-state index contributed by atoms with van der Waals surface area (Å²) in [4.78, 5) is 4.06. The smallest absolute Gasteiger partial charge is 0.172 e. The molecule has 0 spiro atoms. The lowest BCUT2D eigenvalue weighted by molar-refractivity contribution is -0.0120. The zero-order chi connectivity index (χ0) is 15.7. The van der Waals surface area contributed by atoms with E-state index in [2.05, 4.69) is 17.2 Å². The van der Waals surface area contributed by atoms with E-state index in [0.29, 0.717) is 22.6 Å². The third-order valence-electron chi connectivity index (χ3n) is 4.19. The number of anilines is 1. The number of benzene rings is 1. The topological polar surface area (TPSA) is 45.1 Å². The first-order valence-electron chi connectivity index (χ1n) is 7.36. The Hall–Kier alpha value is -1.04. The van der Waals surface area contributed by atoms with E-state index in [0.717, 1.165) is 18.6 Å². The number of aliphatic hydroxyl groups is 1. The third kappa shape index (κ3) is 2.77. The minimum atomic E-state index is -0.760. The number of nitrogens with zero attached hydrogens (tertiary/aromatic N) is 1. The average molecular weight is 341 g/mol. The van der Waals surface area contributed by atoms with Crippen molar-refractivity contribution in [1.29, 1.82) is 0 Å². The predicted molar refractivity (Wildman–Crippen MR) is 91.3 cm³/mol. The molecule has 2 atom stereocenters. The molecule has 0 aliphatic heterocycles. The van der Waals surface area contributed by atoms with Gasteiger partial charge in [0.15, 0.2) is 5.82 Å². The summed E-state index contributed by atoms with van der Waals surface area (Å²) in [5.41, 5.74) is -0.162. The first-order valence-corrected chi connectivity index (χ1v) is 8.78. The lowest BCUT2D eigenvalue weighted by Crippen LogP contribution is -2.54. The van der Waals surface area contributed by atoms with Crippen LogP contribution in [0.25, 0.3) is 10.9 Å². The first kappa shape index (κ1) is 15.8. The van der Waals surface area contributed by atoms with Gasteiger partial charge in [-0.25, -0.2) is 4.39 Å². The highest BCUT2D eigenvalue weighted by atomic mass is 35.5. The number of hydrogen-bond donors (Lipinski definition) is 2. The number of nitrogens with one attached hydrogen (secondary N) is 1. The second kappa shape index (κ2) is 6.22. The van der Waals surface area contributed by atoms with Crippen LogP contribution in [0, 0.1) is 5.82 Å². The van der Waals surface area contributed by atoms with Gasteiger partial charge < -0.3 is 10.4 Å². The molecule has 2 aromatic rings. The molecule has 0 amide bonds. The Morgan fingerprint density at radius 1 is 1.50 bits per heavy atom. The van der Waals surface area contributed by atoms with Gasteiger partial charge in [-0.1, -0.05) is 18.5 Å². The highest BCUT2D eigenvalue weighted by molar-refractivity contribution is 8.00. The van der Waals surface area contributed by atoms with Gasteiger partial charge in [0.1, 0.15) is 5.52 Å². The van der Waals surface area contributed by atoms with Gasteiger partial charge in [0.2, 0.25) is 0 Å². The molecule has 6 heteroatoms. The van der Waals surface area contributed by atoms with E-state index in [9.17, 15) is 9.50 Å². The minimum absolute atomic E-state index is 0.223. The van der Waals surface area contributed by atoms with Crippen LogP contribution >= 0.6 is 23.4 Å². The van der Waals surface area contributed by atoms with Crippen molar-refractivity contribution >= 4 is 40.0 Å². The zero-order valence-corrected chi connectivity index (χ0v) is 13.8. The third-order valence-corrected chi connectivity index (χ3v) is 5.93. The van der Waals surface area contributed by atoms with Crippen LogP contribution in [0.2, 0.25) is 5.02 Å². The van der Waals surface area contributed by atoms with Crippen LogP contribution in [-0.2, 0) is 0 Å². The van der Waals surface area contributed by atoms with Crippen molar-refractivity contribution in [2.75, 3.05) is 17.6 Å². The lowest BCUT2D eigenvalue weighted by atomic mass is 9.79. The summed E-state index contributed by atoms with van der Waals surface area (Å²) in [6, 6.07) is 5.04. The molecule has 2 unspecified atom stereocenters. The number of halogens is 2. The molecule has 0 bridgehead atoms. The van der Waals surface area contributed by atoms with E-state index >= 15 is 0 Å². The van der Waals surface area contributed by atoms with E-state index in [4.69, 9.17) is 11.6 Å². The molecule has 22 heavy (non-hydrogen) atoms. The summed E-state index contributed by atoms with van der Waals surface area (Å²) < 4.78 is 14.5. The quantitative estimate of drug-likeness (QED) is 0.860. The molecule has 2 N–H and O–H groups in total. The van der Waals surface area contributed by atoms with Crippen molar-refractivity contribution in [2.24, 2.45) is 0 Å². The van der Waals surface area contributed by atoms with Gasteiger partial charge in [-0.3, -0.25) is 4.98 Å². The first-order chi connectivity index (χ1) is 10.5. The Bertz CT molecular complexity index is 699. The molecule has 0 saturated heterocycles. The van der Waals surface area contributed by atoms with E-state index in [1.165, 1.54) is 6.20 Å². The Morgan fingerprint density at radius 2 is 2.32 bits per heavy atom. The largest absolute Gasteiger partial charge is 0.387 e. The Kier molecular flexibility index (Phi) is 4.48. The van der Waals surface area contributed by atoms with Crippen LogP contribution < -0.4 is 5.32 Å². The van der Waals surface area contributed by atoms with Crippen LogP contribution in [0.3, 0.4) is 0 Å². The van der Waals surface area contributed by atoms with Crippen molar-refractivity contribution in [3.05, 3.63) is 35.2 Å². The zero-order valence-electron chi connectivity index (χ0n) is 12.3. The molecule has 1 saturated carbocycles. The summed E-state index contributed by atoms with van der Waals surface area (Å²) >= 11 is 7.80. The van der Waals surface area contributed by atoms with Gasteiger partial charge in [0.05, 0.1) is 16.3 Å². The fourth-order valence-corrected chi connectivity index (χ4v) is 4.18. The second-order valence-electron chi connectivity index (χ2n) is 5.56. The molecule has 3 nitrogen and oxygen atoms in total. The number of hydrogen-bond acceptors (Lipinski definition) is 4. The maximum absolute atomic E-state index is 14.5. The highest BCUT2D eigenvalue weighted by Gasteiger charge is 2.45. The van der Waals surface area contributed by atoms with Crippen LogP contribution in [0.5, 0.6) is 0 Å². The number of pyridine rings is 1. The Labute approximate surface area is 138 Å². The molecule has 0 radical (unpaired) electrons. The van der Waals surface area contributed by atoms with E-state index in [-0.39, 0.29) is 10.8 Å². The summed E-state index contributed by atoms with van der Waals surface area (Å²) in [5, 5.41) is 14.9. The van der Waals surface area contributed by atoms with Crippen molar-refractivity contribution in [3.63, 3.8) is 0 Å². The van der Waals surface area contributed by atoms with Gasteiger partial charge in [0.25, 0.3) is 0 Å². The van der Waals surface area contributed by atoms with Gasteiger partial charge in [-0.05, 0) is 36.8 Å². The molecule has 1 aliphatic rings. The summed E-state index contributed by atoms with van der Waals surface area (Å²) in [6.45, 7) is 2.42. The standard InChI is InChI=1S/C16H18ClFN2OS/c1-2-22-13-5-7-16(13,21)9-20-12-4-3-10-11(17)6-8-19-15(10)14(12)18/h3-4,6,8,13,20-21H,2,5,7,9H2,1H3. The van der Waals surface area contributed by atoms with Gasteiger partial charge >= 0.3 is 0 Å². The van der Waals surface area contributed by atoms with Crippen molar-refractivity contribution in [3.8, 4) is 0 Å². The van der Waals surface area contributed by atoms with Crippen LogP contribution in [0.4, 0.5) is 10.1 Å². The molecule has 1 aromatic carbocycles. The molecule has 1 fully saturated rings. The number of rotatable bonds is 5. The maximum atomic E-state index is 14.5. The fourth-order valence-electron chi connectivity index (χ4n) is 2.77. The fraction of sp³-hybridized carbons (Fsp3) is 0.438. The van der Waals surface area contributed by atoms with Crippen molar-refractivity contribution in [2.45, 2.75) is 30.6 Å². The molecule has 1 aliphatic carbocycles. The van der Waals surface area contributed by atoms with Crippen LogP contribution in [0.15, 0.2) is 24.4 Å². The van der Waals surface area contributed by atoms with Crippen molar-refractivity contribution < 1.29 is 9.50 Å². The average Bonchev–Trinajstić information content (AvgIpc) is 2.51. The molecule has 118 valence electrons. The lowest BCUT2D eigenvalue weighted by Gasteiger charge is -2.45. The monoisotopic (exact) mass is 340 g/mol. The predicted octanol–water partition coefficient (Wildman–Crippen LogP) is 4.09. The highest BCUT2D eigenvalue weighted by Crippen LogP contribution is 2.41. The molecule has 1 aromatic heterocycles. The summed E-state index contributed by atoms with van der Waals surface area (Å²) in [6.07, 6.45) is 3.25. The van der Waals surface area contributed by atoms with Crippen LogP contribution in [0.1, 0.15) is 19.8 Å². The summed E-state index contributed by atoms with van der Waals surface area (Å²) in [5.74, 6) is 0.544. The molecule has 1 heterocycles. The van der Waals surface area contributed by atoms with Gasteiger partial charge in [0, 0.05) is 23.4 Å². The van der Waals surface area contributed by atoms with E-state index in [1.54, 1.807) is 30.0 Å². The summed E-state index contributed by atoms with van der Waals surface area (Å²) in [7, 11) is 0. The minimum Gasteiger partial charge on any atom is -0.387 e. The number of thioether (sulfide) groups is 1.